The molecule has 1 N–H and O–H groups in total. The molecule has 0 saturated heterocycles. The second kappa shape index (κ2) is 13.9. The Bertz CT molecular complexity index is 1050. The molecule has 0 bridgehead atoms. The zero-order chi connectivity index (χ0) is 26.8. The quantitative estimate of drug-likeness (QED) is 0.140. The zero-order valence-corrected chi connectivity index (χ0v) is 22.5. The van der Waals surface area contributed by atoms with Crippen LogP contribution < -0.4 is 5.43 Å². The Labute approximate surface area is 220 Å². The van der Waals surface area contributed by atoms with Crippen LogP contribution in [-0.2, 0) is 16.1 Å². The summed E-state index contributed by atoms with van der Waals surface area (Å²) in [6, 6.07) is 18.1. The fraction of sp³-hybridized carbons (Fsp3) is 0.500. The average Bonchev–Trinajstić information content (AvgIpc) is 2.91. The van der Waals surface area contributed by atoms with E-state index < -0.39 is 12.0 Å². The monoisotopic (exact) mass is 504 g/mol. The van der Waals surface area contributed by atoms with E-state index in [0.717, 1.165) is 37.7 Å². The molecule has 0 aliphatic heterocycles. The summed E-state index contributed by atoms with van der Waals surface area (Å²) in [5.74, 6) is -0.697. The molecule has 7 heteroatoms. The van der Waals surface area contributed by atoms with Crippen LogP contribution in [0, 0.1) is 17.8 Å². The minimum absolute atomic E-state index is 0.0172. The van der Waals surface area contributed by atoms with Gasteiger partial charge in [0.05, 0.1) is 0 Å². The minimum Gasteiger partial charge on any atom is -0.453 e. The van der Waals surface area contributed by atoms with Gasteiger partial charge in [-0.1, -0.05) is 95.5 Å². The van der Waals surface area contributed by atoms with Crippen molar-refractivity contribution < 1.29 is 19.1 Å². The third-order valence-corrected chi connectivity index (χ3v) is 7.06. The molecular weight excluding hydrogens is 464 g/mol. The van der Waals surface area contributed by atoms with Crippen LogP contribution in [0.25, 0.3) is 5.53 Å². The van der Waals surface area contributed by atoms with E-state index in [-0.39, 0.29) is 35.5 Å². The molecule has 1 atom stereocenters. The fourth-order valence-electron chi connectivity index (χ4n) is 5.29. The van der Waals surface area contributed by atoms with Gasteiger partial charge in [-0.05, 0) is 48.3 Å². The third kappa shape index (κ3) is 7.85. The molecule has 1 unspecified atom stereocenters. The molecule has 0 radical (unpaired) electrons. The Balaban J connectivity index is 2.00. The van der Waals surface area contributed by atoms with Crippen molar-refractivity contribution in [2.45, 2.75) is 78.5 Å². The first-order chi connectivity index (χ1) is 17.8. The molecule has 1 aliphatic carbocycles. The van der Waals surface area contributed by atoms with Crippen LogP contribution in [0.5, 0.6) is 0 Å². The van der Waals surface area contributed by atoms with Crippen molar-refractivity contribution in [3.8, 4) is 0 Å². The van der Waals surface area contributed by atoms with Gasteiger partial charge in [-0.15, -0.1) is 0 Å². The van der Waals surface area contributed by atoms with Crippen LogP contribution in [0.1, 0.15) is 75.7 Å². The number of amides is 1. The topological polar surface area (TPSA) is 95.0 Å². The molecule has 2 aromatic carbocycles. The van der Waals surface area contributed by atoms with Crippen molar-refractivity contribution in [3.05, 3.63) is 77.3 Å². The van der Waals surface area contributed by atoms with Gasteiger partial charge < -0.3 is 10.3 Å². The van der Waals surface area contributed by atoms with Crippen molar-refractivity contribution in [1.29, 1.82) is 0 Å². The number of hydrogen-bond acceptors (Lipinski definition) is 4. The second-order valence-corrected chi connectivity index (χ2v) is 10.6. The fourth-order valence-corrected chi connectivity index (χ4v) is 5.29. The largest absolute Gasteiger partial charge is 0.453 e. The van der Waals surface area contributed by atoms with Gasteiger partial charge in [0.1, 0.15) is 12.1 Å². The molecule has 1 aliphatic rings. The van der Waals surface area contributed by atoms with Gasteiger partial charge >= 0.3 is 11.7 Å². The third-order valence-electron chi connectivity index (χ3n) is 7.06. The number of nitrogens with zero attached hydrogens (tertiary/aromatic N) is 3. The van der Waals surface area contributed by atoms with Gasteiger partial charge in [0.2, 0.25) is 0 Å². The van der Waals surface area contributed by atoms with Crippen molar-refractivity contribution in [1.82, 2.24) is 10.4 Å². The first-order valence-corrected chi connectivity index (χ1v) is 13.4. The number of nitrogens with one attached hydrogen (secondary N) is 1. The first-order valence-electron chi connectivity index (χ1n) is 13.4. The first kappa shape index (κ1) is 28.3. The number of esters is 1. The number of hydrogen-bond donors (Lipinski definition) is 1. The Morgan fingerprint density at radius 2 is 1.51 bits per heavy atom. The Morgan fingerprint density at radius 3 is 2.05 bits per heavy atom. The summed E-state index contributed by atoms with van der Waals surface area (Å²) in [6.45, 7) is 8.37. The van der Waals surface area contributed by atoms with Crippen molar-refractivity contribution >= 4 is 17.6 Å². The predicted octanol–water partition coefficient (Wildman–Crippen LogP) is 5.68. The highest BCUT2D eigenvalue weighted by molar-refractivity contribution is 6.36. The smallest absolute Gasteiger partial charge is 0.419 e. The normalized spacial score (nSPS) is 15.0. The number of rotatable bonds is 11. The molecule has 7 nitrogen and oxygen atoms in total. The lowest BCUT2D eigenvalue weighted by Crippen LogP contribution is -2.57. The zero-order valence-electron chi connectivity index (χ0n) is 22.5. The molecular formula is C30H40N4O3. The number of carbonyl (C=O) groups is 2. The molecule has 1 saturated carbocycles. The van der Waals surface area contributed by atoms with E-state index in [9.17, 15) is 15.1 Å². The Kier molecular flexibility index (Phi) is 10.6. The molecule has 0 heterocycles. The highest BCUT2D eigenvalue weighted by Gasteiger charge is 2.44. The molecule has 0 spiro atoms. The SMILES string of the molecule is CC(C)C(OC(=O)C(=[N+]=[N-])C(C1CCCCC1)N(Cc1ccccc1)NC(=O)c1ccccc1)C(C)C. The molecule has 0 aromatic heterocycles. The van der Waals surface area contributed by atoms with Gasteiger partial charge in [0.15, 0.2) is 0 Å². The molecule has 2 aromatic rings. The average molecular weight is 505 g/mol. The number of carbonyl (C=O) groups excluding carboxylic acids is 2. The lowest BCUT2D eigenvalue weighted by Gasteiger charge is -2.36. The van der Waals surface area contributed by atoms with Crippen LogP contribution in [0.2, 0.25) is 0 Å². The second-order valence-electron chi connectivity index (χ2n) is 10.6. The van der Waals surface area contributed by atoms with Crippen molar-refractivity contribution in [3.63, 3.8) is 0 Å². The van der Waals surface area contributed by atoms with Crippen molar-refractivity contribution in [2.75, 3.05) is 0 Å². The molecule has 37 heavy (non-hydrogen) atoms. The van der Waals surface area contributed by atoms with E-state index in [2.05, 4.69) is 10.2 Å². The maximum absolute atomic E-state index is 13.5. The van der Waals surface area contributed by atoms with E-state index in [1.54, 1.807) is 17.1 Å². The van der Waals surface area contributed by atoms with Crippen LogP contribution in [0.4, 0.5) is 0 Å². The van der Waals surface area contributed by atoms with Crippen LogP contribution in [0.15, 0.2) is 60.7 Å². The van der Waals surface area contributed by atoms with Crippen LogP contribution in [0.3, 0.4) is 0 Å². The predicted molar refractivity (Wildman–Crippen MR) is 144 cm³/mol. The molecule has 1 fully saturated rings. The van der Waals surface area contributed by atoms with E-state index in [4.69, 9.17) is 4.74 Å². The lowest BCUT2D eigenvalue weighted by atomic mass is 9.81. The Hall–Kier alpha value is -3.28. The minimum atomic E-state index is -0.648. The summed E-state index contributed by atoms with van der Waals surface area (Å²) in [5, 5.41) is 1.76. The van der Waals surface area contributed by atoms with Crippen LogP contribution >= 0.6 is 0 Å². The maximum atomic E-state index is 13.5. The van der Waals surface area contributed by atoms with Gasteiger partial charge in [0, 0.05) is 12.1 Å². The number of hydrazine groups is 1. The van der Waals surface area contributed by atoms with Gasteiger partial charge in [-0.2, -0.15) is 4.79 Å². The van der Waals surface area contributed by atoms with Gasteiger partial charge in [0.25, 0.3) is 5.91 Å². The standard InChI is InChI=1S/C30H40N4O3/c1-21(2)28(22(3)4)37-30(36)26(32-31)27(24-16-10-6-11-17-24)34(20-23-14-8-5-9-15-23)33-29(35)25-18-12-7-13-19-25/h5,7-9,12-15,18-19,21-22,24,27-28H,6,10-11,16-17,20H2,1-4H3,(H,33,35). The van der Waals surface area contributed by atoms with Crippen molar-refractivity contribution in [2.24, 2.45) is 17.8 Å². The highest BCUT2D eigenvalue weighted by Crippen LogP contribution is 2.31. The summed E-state index contributed by atoms with van der Waals surface area (Å²) >= 11 is 0. The van der Waals surface area contributed by atoms with Crippen LogP contribution in [-0.4, -0.2) is 39.5 Å². The molecule has 3 rings (SSSR count). The maximum Gasteiger partial charge on any atom is 0.419 e. The summed E-state index contributed by atoms with van der Waals surface area (Å²) in [7, 11) is 0. The van der Waals surface area contributed by atoms with E-state index in [1.165, 1.54) is 0 Å². The lowest BCUT2D eigenvalue weighted by molar-refractivity contribution is -0.152. The van der Waals surface area contributed by atoms with Gasteiger partial charge in [-0.25, -0.2) is 9.80 Å². The molecule has 198 valence electrons. The van der Waals surface area contributed by atoms with E-state index >= 15 is 0 Å². The number of ether oxygens (including phenoxy) is 1. The Morgan fingerprint density at radius 1 is 0.946 bits per heavy atom. The van der Waals surface area contributed by atoms with Gasteiger partial charge in [-0.3, -0.25) is 10.2 Å². The van der Waals surface area contributed by atoms with E-state index in [0.29, 0.717) is 12.1 Å². The molecule has 1 amide bonds. The summed E-state index contributed by atoms with van der Waals surface area (Å²) in [4.78, 5) is 30.4. The summed E-state index contributed by atoms with van der Waals surface area (Å²) < 4.78 is 5.92. The van der Waals surface area contributed by atoms with E-state index in [1.807, 2.05) is 76.2 Å². The number of benzene rings is 2. The summed E-state index contributed by atoms with van der Waals surface area (Å²) in [5.41, 5.74) is 14.6. The highest BCUT2D eigenvalue weighted by atomic mass is 16.5. The summed E-state index contributed by atoms with van der Waals surface area (Å²) in [6.07, 6.45) is 4.56.